The Hall–Kier alpha value is -1.35. The molecule has 1 fully saturated rings. The van der Waals surface area contributed by atoms with E-state index in [1.165, 1.54) is 0 Å². The second-order valence-electron chi connectivity index (χ2n) is 4.83. The van der Waals surface area contributed by atoms with E-state index in [4.69, 9.17) is 9.47 Å². The maximum Gasteiger partial charge on any atom is 0.317 e. The molecule has 1 aliphatic heterocycles. The molecule has 0 aromatic heterocycles. The number of cyclic esters (lactones) is 1. The van der Waals surface area contributed by atoms with Crippen molar-refractivity contribution in [1.82, 2.24) is 0 Å². The van der Waals surface area contributed by atoms with E-state index in [9.17, 15) is 4.79 Å². The fourth-order valence-electron chi connectivity index (χ4n) is 2.15. The van der Waals surface area contributed by atoms with Crippen LogP contribution in [0.25, 0.3) is 0 Å². The second kappa shape index (κ2) is 4.49. The summed E-state index contributed by atoms with van der Waals surface area (Å²) in [7, 11) is 0. The monoisotopic (exact) mass is 234 g/mol. The number of carbonyl (C=O) groups excluding carboxylic acids is 1. The van der Waals surface area contributed by atoms with Crippen LogP contribution < -0.4 is 0 Å². The summed E-state index contributed by atoms with van der Waals surface area (Å²) in [6.45, 7) is 5.58. The van der Waals surface area contributed by atoms with Crippen molar-refractivity contribution in [2.24, 2.45) is 5.41 Å². The van der Waals surface area contributed by atoms with Gasteiger partial charge in [0.15, 0.2) is 6.29 Å². The van der Waals surface area contributed by atoms with Crippen LogP contribution in [0.15, 0.2) is 30.3 Å². The molecule has 1 saturated heterocycles. The van der Waals surface area contributed by atoms with Crippen molar-refractivity contribution in [2.45, 2.75) is 39.6 Å². The minimum atomic E-state index is -0.603. The van der Waals surface area contributed by atoms with Crippen LogP contribution >= 0.6 is 0 Å². The summed E-state index contributed by atoms with van der Waals surface area (Å²) in [6, 6.07) is 9.95. The van der Waals surface area contributed by atoms with E-state index >= 15 is 0 Å². The average Bonchev–Trinajstić information content (AvgIpc) is 2.28. The van der Waals surface area contributed by atoms with Crippen LogP contribution in [0.1, 0.15) is 26.3 Å². The van der Waals surface area contributed by atoms with Gasteiger partial charge in [0.25, 0.3) is 0 Å². The zero-order valence-corrected chi connectivity index (χ0v) is 10.5. The van der Waals surface area contributed by atoms with Crippen molar-refractivity contribution in [1.29, 1.82) is 0 Å². The van der Waals surface area contributed by atoms with Crippen molar-refractivity contribution < 1.29 is 14.3 Å². The molecule has 0 radical (unpaired) electrons. The van der Waals surface area contributed by atoms with Crippen LogP contribution in [0.2, 0.25) is 0 Å². The minimum Gasteiger partial charge on any atom is -0.436 e. The van der Waals surface area contributed by atoms with Gasteiger partial charge in [-0.3, -0.25) is 4.79 Å². The SMILES string of the molecule is C[C@@H]1OC(=O)[C@@](C)(Cc2ccccc2)[C@H](C)O1. The molecule has 0 N–H and O–H groups in total. The predicted molar refractivity (Wildman–Crippen MR) is 64.4 cm³/mol. The fraction of sp³-hybridized carbons (Fsp3) is 0.500. The molecule has 2 rings (SSSR count). The maximum atomic E-state index is 12.0. The van der Waals surface area contributed by atoms with Gasteiger partial charge in [-0.2, -0.15) is 0 Å². The molecule has 3 heteroatoms. The van der Waals surface area contributed by atoms with E-state index in [0.717, 1.165) is 5.56 Å². The molecule has 1 aliphatic rings. The molecule has 92 valence electrons. The summed E-state index contributed by atoms with van der Waals surface area (Å²) in [4.78, 5) is 12.0. The number of hydrogen-bond acceptors (Lipinski definition) is 3. The Labute approximate surface area is 102 Å². The zero-order valence-electron chi connectivity index (χ0n) is 10.5. The van der Waals surface area contributed by atoms with Crippen LogP contribution in [-0.2, 0) is 20.7 Å². The molecule has 0 amide bonds. The van der Waals surface area contributed by atoms with Gasteiger partial charge in [-0.05, 0) is 32.8 Å². The number of carbonyl (C=O) groups is 1. The molecular formula is C14H18O3. The van der Waals surface area contributed by atoms with Gasteiger partial charge in [-0.1, -0.05) is 30.3 Å². The van der Waals surface area contributed by atoms with Crippen molar-refractivity contribution in [3.8, 4) is 0 Å². The molecule has 1 aromatic rings. The first-order chi connectivity index (χ1) is 8.02. The largest absolute Gasteiger partial charge is 0.436 e. The molecule has 3 nitrogen and oxygen atoms in total. The summed E-state index contributed by atoms with van der Waals surface area (Å²) >= 11 is 0. The summed E-state index contributed by atoms with van der Waals surface area (Å²) in [6.07, 6.45) is 0.0564. The third-order valence-corrected chi connectivity index (χ3v) is 3.45. The summed E-state index contributed by atoms with van der Waals surface area (Å²) < 4.78 is 10.8. The van der Waals surface area contributed by atoms with Crippen LogP contribution in [0.3, 0.4) is 0 Å². The second-order valence-corrected chi connectivity index (χ2v) is 4.83. The summed E-state index contributed by atoms with van der Waals surface area (Å²) in [5.41, 5.74) is 0.519. The van der Waals surface area contributed by atoms with Crippen LogP contribution in [0.5, 0.6) is 0 Å². The minimum absolute atomic E-state index is 0.140. The quantitative estimate of drug-likeness (QED) is 0.738. The van der Waals surface area contributed by atoms with Crippen LogP contribution in [-0.4, -0.2) is 18.4 Å². The molecule has 3 atom stereocenters. The Morgan fingerprint density at radius 3 is 2.47 bits per heavy atom. The van der Waals surface area contributed by atoms with E-state index in [-0.39, 0.29) is 12.1 Å². The van der Waals surface area contributed by atoms with Crippen molar-refractivity contribution in [3.63, 3.8) is 0 Å². The Balaban J connectivity index is 2.20. The van der Waals surface area contributed by atoms with E-state index in [1.54, 1.807) is 6.92 Å². The van der Waals surface area contributed by atoms with Gasteiger partial charge < -0.3 is 9.47 Å². The van der Waals surface area contributed by atoms with E-state index in [0.29, 0.717) is 6.42 Å². The summed E-state index contributed by atoms with van der Waals surface area (Å²) in [5, 5.41) is 0. The molecule has 1 aromatic carbocycles. The molecular weight excluding hydrogens is 216 g/mol. The number of rotatable bonds is 2. The number of ether oxygens (including phenoxy) is 2. The van der Waals surface area contributed by atoms with Crippen LogP contribution in [0.4, 0.5) is 0 Å². The molecule has 0 aliphatic carbocycles. The van der Waals surface area contributed by atoms with Gasteiger partial charge in [0.2, 0.25) is 0 Å². The highest BCUT2D eigenvalue weighted by Gasteiger charge is 2.46. The average molecular weight is 234 g/mol. The van der Waals surface area contributed by atoms with Crippen molar-refractivity contribution in [2.75, 3.05) is 0 Å². The van der Waals surface area contributed by atoms with E-state index in [2.05, 4.69) is 0 Å². The highest BCUT2D eigenvalue weighted by Crippen LogP contribution is 2.35. The van der Waals surface area contributed by atoms with E-state index in [1.807, 2.05) is 44.2 Å². The lowest BCUT2D eigenvalue weighted by Gasteiger charge is -2.40. The Morgan fingerprint density at radius 1 is 1.24 bits per heavy atom. The molecule has 1 heterocycles. The third-order valence-electron chi connectivity index (χ3n) is 3.45. The first kappa shape index (κ1) is 12.1. The molecule has 0 spiro atoms. The standard InChI is InChI=1S/C14H18O3/c1-10-14(3,13(15)17-11(2)16-10)9-12-7-5-4-6-8-12/h4-8,10-11H,9H2,1-3H3/t10-,11-,14-/m0/s1. The van der Waals surface area contributed by atoms with Gasteiger partial charge in [-0.15, -0.1) is 0 Å². The molecule has 0 bridgehead atoms. The smallest absolute Gasteiger partial charge is 0.317 e. The van der Waals surface area contributed by atoms with Crippen LogP contribution in [0, 0.1) is 5.41 Å². The highest BCUT2D eigenvalue weighted by atomic mass is 16.7. The molecule has 17 heavy (non-hydrogen) atoms. The lowest BCUT2D eigenvalue weighted by Crippen LogP contribution is -2.50. The Kier molecular flexibility index (Phi) is 3.20. The fourth-order valence-corrected chi connectivity index (χ4v) is 2.15. The molecule has 0 unspecified atom stereocenters. The number of hydrogen-bond donors (Lipinski definition) is 0. The van der Waals surface area contributed by atoms with Crippen molar-refractivity contribution in [3.05, 3.63) is 35.9 Å². The Morgan fingerprint density at radius 2 is 1.88 bits per heavy atom. The molecule has 0 saturated carbocycles. The van der Waals surface area contributed by atoms with Gasteiger partial charge >= 0.3 is 5.97 Å². The normalized spacial score (nSPS) is 33.2. The number of benzene rings is 1. The lowest BCUT2D eigenvalue weighted by atomic mass is 9.78. The van der Waals surface area contributed by atoms with E-state index < -0.39 is 11.7 Å². The summed E-state index contributed by atoms with van der Waals surface area (Å²) in [5.74, 6) is -0.174. The predicted octanol–water partition coefficient (Wildman–Crippen LogP) is 2.54. The van der Waals surface area contributed by atoms with Gasteiger partial charge in [0.05, 0.1) is 11.5 Å². The third kappa shape index (κ3) is 2.34. The van der Waals surface area contributed by atoms with Gasteiger partial charge in [0.1, 0.15) is 0 Å². The van der Waals surface area contributed by atoms with Gasteiger partial charge in [-0.25, -0.2) is 0 Å². The van der Waals surface area contributed by atoms with Gasteiger partial charge in [0, 0.05) is 0 Å². The number of esters is 1. The first-order valence-electron chi connectivity index (χ1n) is 5.93. The Bertz CT molecular complexity index is 401. The lowest BCUT2D eigenvalue weighted by molar-refractivity contribution is -0.238. The van der Waals surface area contributed by atoms with Crippen molar-refractivity contribution >= 4 is 5.97 Å². The highest BCUT2D eigenvalue weighted by molar-refractivity contribution is 5.78. The topological polar surface area (TPSA) is 35.5 Å². The zero-order chi connectivity index (χ0) is 12.5. The first-order valence-corrected chi connectivity index (χ1v) is 5.93. The maximum absolute atomic E-state index is 12.0.